The first-order valence-corrected chi connectivity index (χ1v) is 7.41. The van der Waals surface area contributed by atoms with Crippen molar-refractivity contribution in [1.29, 1.82) is 0 Å². The van der Waals surface area contributed by atoms with E-state index in [0.717, 1.165) is 27.5 Å². The number of imidazole rings is 1. The number of ether oxygens (including phenoxy) is 1. The smallest absolute Gasteiger partial charge is 0.193 e. The summed E-state index contributed by atoms with van der Waals surface area (Å²) in [6.45, 7) is 4.46. The molecule has 0 saturated carbocycles. The van der Waals surface area contributed by atoms with Crippen molar-refractivity contribution in [2.24, 2.45) is 5.73 Å². The maximum absolute atomic E-state index is 5.98. The molecule has 2 aromatic heterocycles. The lowest BCUT2D eigenvalue weighted by Gasteiger charge is -2.14. The highest BCUT2D eigenvalue weighted by atomic mass is 32.1. The molecule has 104 valence electrons. The molecule has 0 spiro atoms. The molecule has 2 N–H and O–H groups in total. The highest BCUT2D eigenvalue weighted by Crippen LogP contribution is 2.26. The zero-order valence-corrected chi connectivity index (χ0v) is 12.4. The van der Waals surface area contributed by atoms with Gasteiger partial charge in [0.1, 0.15) is 12.4 Å². The first kappa shape index (κ1) is 13.1. The summed E-state index contributed by atoms with van der Waals surface area (Å²) in [5.41, 5.74) is 9.09. The predicted octanol–water partition coefficient (Wildman–Crippen LogP) is 3.30. The Morgan fingerprint density at radius 3 is 3.05 bits per heavy atom. The third-order valence-corrected chi connectivity index (χ3v) is 3.95. The second kappa shape index (κ2) is 5.26. The van der Waals surface area contributed by atoms with Gasteiger partial charge in [-0.15, -0.1) is 11.3 Å². The average molecular weight is 287 g/mol. The van der Waals surface area contributed by atoms with Crippen LogP contribution in [0, 0.1) is 6.92 Å². The Labute approximate surface area is 121 Å². The summed E-state index contributed by atoms with van der Waals surface area (Å²) in [5, 5.41) is 2.02. The standard InChI is InChI=1S/C15H17N3OS/c1-10-3-4-13(11(2)16)14(7-10)19-9-12-8-18-5-6-20-15(18)17-12/h3-8,11H,9,16H2,1-2H3/t11-/m1/s1. The van der Waals surface area contributed by atoms with Gasteiger partial charge in [-0.1, -0.05) is 12.1 Å². The molecule has 0 bridgehead atoms. The van der Waals surface area contributed by atoms with E-state index in [1.807, 2.05) is 48.2 Å². The molecule has 1 atom stereocenters. The number of fused-ring (bicyclic) bond motifs is 1. The van der Waals surface area contributed by atoms with Gasteiger partial charge in [0.05, 0.1) is 5.69 Å². The number of hydrogen-bond acceptors (Lipinski definition) is 4. The molecular formula is C15H17N3OS. The number of benzene rings is 1. The van der Waals surface area contributed by atoms with Crippen LogP contribution in [0.1, 0.15) is 29.8 Å². The monoisotopic (exact) mass is 287 g/mol. The van der Waals surface area contributed by atoms with E-state index in [4.69, 9.17) is 10.5 Å². The van der Waals surface area contributed by atoms with Gasteiger partial charge in [-0.25, -0.2) is 4.98 Å². The van der Waals surface area contributed by atoms with Crippen molar-refractivity contribution in [1.82, 2.24) is 9.38 Å². The summed E-state index contributed by atoms with van der Waals surface area (Å²) in [6, 6.07) is 6.06. The van der Waals surface area contributed by atoms with Crippen LogP contribution in [0.5, 0.6) is 5.75 Å². The van der Waals surface area contributed by atoms with Crippen LogP contribution in [0.2, 0.25) is 0 Å². The first-order chi connectivity index (χ1) is 9.63. The summed E-state index contributed by atoms with van der Waals surface area (Å²) in [7, 11) is 0. The van der Waals surface area contributed by atoms with Gasteiger partial charge in [-0.2, -0.15) is 0 Å². The minimum atomic E-state index is -0.0453. The lowest BCUT2D eigenvalue weighted by molar-refractivity contribution is 0.297. The van der Waals surface area contributed by atoms with Crippen molar-refractivity contribution in [2.75, 3.05) is 0 Å². The van der Waals surface area contributed by atoms with Crippen molar-refractivity contribution < 1.29 is 4.74 Å². The Kier molecular flexibility index (Phi) is 3.46. The number of rotatable bonds is 4. The lowest BCUT2D eigenvalue weighted by atomic mass is 10.1. The Morgan fingerprint density at radius 2 is 2.30 bits per heavy atom. The molecule has 0 radical (unpaired) electrons. The van der Waals surface area contributed by atoms with Gasteiger partial charge < -0.3 is 10.5 Å². The minimum Gasteiger partial charge on any atom is -0.487 e. The quantitative estimate of drug-likeness (QED) is 0.801. The van der Waals surface area contributed by atoms with Gasteiger partial charge in [0.15, 0.2) is 4.96 Å². The fourth-order valence-corrected chi connectivity index (χ4v) is 2.86. The number of nitrogens with two attached hydrogens (primary N) is 1. The minimum absolute atomic E-state index is 0.0453. The largest absolute Gasteiger partial charge is 0.487 e. The summed E-state index contributed by atoms with van der Waals surface area (Å²) in [6.07, 6.45) is 3.99. The van der Waals surface area contributed by atoms with Crippen LogP contribution >= 0.6 is 11.3 Å². The molecule has 0 unspecified atom stereocenters. The summed E-state index contributed by atoms with van der Waals surface area (Å²) < 4.78 is 7.92. The molecule has 1 aromatic carbocycles. The van der Waals surface area contributed by atoms with Crippen molar-refractivity contribution in [3.63, 3.8) is 0 Å². The SMILES string of the molecule is Cc1ccc([C@@H](C)N)c(OCc2cn3ccsc3n2)c1. The van der Waals surface area contributed by atoms with Gasteiger partial charge in [0.25, 0.3) is 0 Å². The Morgan fingerprint density at radius 1 is 1.45 bits per heavy atom. The summed E-state index contributed by atoms with van der Waals surface area (Å²) in [4.78, 5) is 5.50. The lowest BCUT2D eigenvalue weighted by Crippen LogP contribution is -2.08. The average Bonchev–Trinajstić information content (AvgIpc) is 2.96. The Balaban J connectivity index is 1.80. The van der Waals surface area contributed by atoms with Gasteiger partial charge in [-0.05, 0) is 25.5 Å². The molecule has 0 aliphatic carbocycles. The van der Waals surface area contributed by atoms with Crippen molar-refractivity contribution >= 4 is 16.3 Å². The molecule has 0 saturated heterocycles. The van der Waals surface area contributed by atoms with E-state index in [-0.39, 0.29) is 6.04 Å². The maximum Gasteiger partial charge on any atom is 0.193 e. The molecule has 0 aliphatic heterocycles. The molecule has 3 aromatic rings. The van der Waals surface area contributed by atoms with E-state index >= 15 is 0 Å². The van der Waals surface area contributed by atoms with Gasteiger partial charge in [0, 0.05) is 29.4 Å². The molecule has 0 fully saturated rings. The first-order valence-electron chi connectivity index (χ1n) is 6.53. The fraction of sp³-hybridized carbons (Fsp3) is 0.267. The van der Waals surface area contributed by atoms with Crippen LogP contribution in [0.4, 0.5) is 0 Å². The predicted molar refractivity (Wildman–Crippen MR) is 81.2 cm³/mol. The molecule has 3 rings (SSSR count). The molecule has 2 heterocycles. The fourth-order valence-electron chi connectivity index (χ4n) is 2.14. The third kappa shape index (κ3) is 2.55. The van der Waals surface area contributed by atoms with Crippen LogP contribution in [-0.4, -0.2) is 9.38 Å². The summed E-state index contributed by atoms with van der Waals surface area (Å²) in [5.74, 6) is 0.844. The van der Waals surface area contributed by atoms with E-state index in [0.29, 0.717) is 6.61 Å². The molecule has 0 amide bonds. The van der Waals surface area contributed by atoms with E-state index in [1.54, 1.807) is 11.3 Å². The van der Waals surface area contributed by atoms with Crippen molar-refractivity contribution in [2.45, 2.75) is 26.5 Å². The molecule has 5 heteroatoms. The zero-order chi connectivity index (χ0) is 14.1. The zero-order valence-electron chi connectivity index (χ0n) is 11.5. The molecular weight excluding hydrogens is 270 g/mol. The van der Waals surface area contributed by atoms with Crippen LogP contribution < -0.4 is 10.5 Å². The van der Waals surface area contributed by atoms with Crippen LogP contribution in [0.15, 0.2) is 36.0 Å². The van der Waals surface area contributed by atoms with Crippen molar-refractivity contribution in [3.8, 4) is 5.75 Å². The highest BCUT2D eigenvalue weighted by molar-refractivity contribution is 7.15. The second-order valence-corrected chi connectivity index (χ2v) is 5.82. The number of thiazole rings is 1. The summed E-state index contributed by atoms with van der Waals surface area (Å²) >= 11 is 1.62. The van der Waals surface area contributed by atoms with E-state index in [1.165, 1.54) is 0 Å². The van der Waals surface area contributed by atoms with Gasteiger partial charge in [0.2, 0.25) is 0 Å². The number of hydrogen-bond donors (Lipinski definition) is 1. The molecule has 4 nitrogen and oxygen atoms in total. The Hall–Kier alpha value is -1.85. The van der Waals surface area contributed by atoms with E-state index in [2.05, 4.69) is 11.1 Å². The van der Waals surface area contributed by atoms with Crippen molar-refractivity contribution in [3.05, 3.63) is 52.8 Å². The number of aromatic nitrogens is 2. The van der Waals surface area contributed by atoms with E-state index in [9.17, 15) is 0 Å². The second-order valence-electron chi connectivity index (χ2n) is 4.94. The maximum atomic E-state index is 5.98. The van der Waals surface area contributed by atoms with Crippen LogP contribution in [-0.2, 0) is 6.61 Å². The topological polar surface area (TPSA) is 52.5 Å². The molecule has 20 heavy (non-hydrogen) atoms. The van der Waals surface area contributed by atoms with Crippen LogP contribution in [0.25, 0.3) is 4.96 Å². The number of nitrogens with zero attached hydrogens (tertiary/aromatic N) is 2. The van der Waals surface area contributed by atoms with Crippen LogP contribution in [0.3, 0.4) is 0 Å². The normalized spacial score (nSPS) is 12.8. The highest BCUT2D eigenvalue weighted by Gasteiger charge is 2.10. The third-order valence-electron chi connectivity index (χ3n) is 3.18. The van der Waals surface area contributed by atoms with E-state index < -0.39 is 0 Å². The Bertz CT molecular complexity index is 701. The van der Waals surface area contributed by atoms with Gasteiger partial charge >= 0.3 is 0 Å². The van der Waals surface area contributed by atoms with Gasteiger partial charge in [-0.3, -0.25) is 4.40 Å². The number of aryl methyl sites for hydroxylation is 1. The molecule has 0 aliphatic rings.